The van der Waals surface area contributed by atoms with Crippen LogP contribution in [0.4, 0.5) is 5.69 Å². The standard InChI is InChI=1S/C27H46N2/c1-3-5-7-8-9-10-11-12-13-14-18-22-27-28(23-19-6-4-2)24-25-29(27)26-20-16-15-17-21-26/h15-17,20-21,24-25,27H,3-14,18-19,22-23H2,1-2H3. The minimum Gasteiger partial charge on any atom is -0.356 e. The first-order chi connectivity index (χ1) is 14.4. The van der Waals surface area contributed by atoms with Gasteiger partial charge in [-0.05, 0) is 31.4 Å². The van der Waals surface area contributed by atoms with Crippen molar-refractivity contribution in [1.29, 1.82) is 0 Å². The number of benzene rings is 1. The molecular weight excluding hydrogens is 352 g/mol. The zero-order chi connectivity index (χ0) is 20.6. The van der Waals surface area contributed by atoms with Crippen LogP contribution in [0.1, 0.15) is 110 Å². The lowest BCUT2D eigenvalue weighted by atomic mass is 10.0. The molecule has 0 saturated heterocycles. The highest BCUT2D eigenvalue weighted by Crippen LogP contribution is 2.28. The maximum atomic E-state index is 2.58. The van der Waals surface area contributed by atoms with Crippen LogP contribution >= 0.6 is 0 Å². The van der Waals surface area contributed by atoms with Gasteiger partial charge in [-0.25, -0.2) is 0 Å². The van der Waals surface area contributed by atoms with Crippen molar-refractivity contribution < 1.29 is 0 Å². The zero-order valence-electron chi connectivity index (χ0n) is 19.3. The van der Waals surface area contributed by atoms with Crippen LogP contribution in [-0.4, -0.2) is 17.6 Å². The molecule has 0 N–H and O–H groups in total. The van der Waals surface area contributed by atoms with Gasteiger partial charge in [0.2, 0.25) is 0 Å². The third-order valence-corrected chi connectivity index (χ3v) is 6.26. The Morgan fingerprint density at radius 2 is 1.17 bits per heavy atom. The van der Waals surface area contributed by atoms with Crippen LogP contribution < -0.4 is 4.90 Å². The quantitative estimate of drug-likeness (QED) is 0.243. The molecule has 29 heavy (non-hydrogen) atoms. The summed E-state index contributed by atoms with van der Waals surface area (Å²) in [6, 6.07) is 10.9. The summed E-state index contributed by atoms with van der Waals surface area (Å²) in [5.41, 5.74) is 1.33. The lowest BCUT2D eigenvalue weighted by Gasteiger charge is -2.33. The minimum absolute atomic E-state index is 0.507. The average Bonchev–Trinajstić information content (AvgIpc) is 3.15. The minimum atomic E-state index is 0.507. The molecule has 164 valence electrons. The highest BCUT2D eigenvalue weighted by molar-refractivity contribution is 5.51. The molecule has 1 aliphatic heterocycles. The first-order valence-corrected chi connectivity index (χ1v) is 12.6. The fourth-order valence-electron chi connectivity index (χ4n) is 4.44. The summed E-state index contributed by atoms with van der Waals surface area (Å²) in [5.74, 6) is 0. The molecule has 1 unspecified atom stereocenters. The van der Waals surface area contributed by atoms with Gasteiger partial charge in [0.25, 0.3) is 0 Å². The van der Waals surface area contributed by atoms with Gasteiger partial charge in [-0.15, -0.1) is 0 Å². The summed E-state index contributed by atoms with van der Waals surface area (Å²) in [6.07, 6.45) is 25.9. The van der Waals surface area contributed by atoms with Crippen molar-refractivity contribution >= 4 is 5.69 Å². The maximum Gasteiger partial charge on any atom is 0.105 e. The SMILES string of the molecule is CCCCCCCCCCCCCC1N(CCCCC)C=CN1c1ccccc1. The van der Waals surface area contributed by atoms with Gasteiger partial charge in [0.05, 0.1) is 0 Å². The van der Waals surface area contributed by atoms with E-state index in [1.165, 1.54) is 109 Å². The smallest absolute Gasteiger partial charge is 0.105 e. The first kappa shape index (κ1) is 23.8. The highest BCUT2D eigenvalue weighted by atomic mass is 15.4. The van der Waals surface area contributed by atoms with E-state index >= 15 is 0 Å². The molecule has 0 amide bonds. The van der Waals surface area contributed by atoms with Crippen LogP contribution in [0, 0.1) is 0 Å². The predicted molar refractivity (Wildman–Crippen MR) is 129 cm³/mol. The molecule has 2 heteroatoms. The Hall–Kier alpha value is -1.44. The van der Waals surface area contributed by atoms with Crippen molar-refractivity contribution in [2.24, 2.45) is 0 Å². The van der Waals surface area contributed by atoms with Crippen molar-refractivity contribution in [2.75, 3.05) is 11.4 Å². The van der Waals surface area contributed by atoms with E-state index in [4.69, 9.17) is 0 Å². The van der Waals surface area contributed by atoms with E-state index in [-0.39, 0.29) is 0 Å². The molecule has 0 saturated carbocycles. The first-order valence-electron chi connectivity index (χ1n) is 12.6. The van der Waals surface area contributed by atoms with Gasteiger partial charge in [0, 0.05) is 24.6 Å². The lowest BCUT2D eigenvalue weighted by Crippen LogP contribution is -2.39. The molecule has 1 atom stereocenters. The second kappa shape index (κ2) is 15.4. The van der Waals surface area contributed by atoms with E-state index in [0.717, 1.165) is 0 Å². The highest BCUT2D eigenvalue weighted by Gasteiger charge is 2.26. The molecular formula is C27H46N2. The van der Waals surface area contributed by atoms with Gasteiger partial charge >= 0.3 is 0 Å². The molecule has 0 radical (unpaired) electrons. The summed E-state index contributed by atoms with van der Waals surface area (Å²) in [4.78, 5) is 5.07. The number of para-hydroxylation sites is 1. The predicted octanol–water partition coefficient (Wildman–Crippen LogP) is 8.50. The van der Waals surface area contributed by atoms with Gasteiger partial charge in [0.15, 0.2) is 0 Å². The van der Waals surface area contributed by atoms with Crippen LogP contribution in [0.15, 0.2) is 42.7 Å². The summed E-state index contributed by atoms with van der Waals surface area (Å²) >= 11 is 0. The van der Waals surface area contributed by atoms with Crippen LogP contribution in [-0.2, 0) is 0 Å². The molecule has 0 spiro atoms. The Morgan fingerprint density at radius 1 is 0.621 bits per heavy atom. The molecule has 0 aromatic heterocycles. The maximum absolute atomic E-state index is 2.58. The Labute approximate surface area is 181 Å². The summed E-state index contributed by atoms with van der Waals surface area (Å²) in [5, 5.41) is 0. The van der Waals surface area contributed by atoms with Gasteiger partial charge in [0.1, 0.15) is 6.17 Å². The van der Waals surface area contributed by atoms with Crippen molar-refractivity contribution in [3.05, 3.63) is 42.7 Å². The van der Waals surface area contributed by atoms with Gasteiger partial charge < -0.3 is 9.80 Å². The molecule has 0 aliphatic carbocycles. The molecule has 0 fully saturated rings. The van der Waals surface area contributed by atoms with E-state index in [2.05, 4.69) is 66.4 Å². The van der Waals surface area contributed by atoms with Crippen LogP contribution in [0.2, 0.25) is 0 Å². The molecule has 1 aliphatic rings. The number of rotatable bonds is 17. The number of hydrogen-bond acceptors (Lipinski definition) is 2. The monoisotopic (exact) mass is 398 g/mol. The fraction of sp³-hybridized carbons (Fsp3) is 0.704. The van der Waals surface area contributed by atoms with Gasteiger partial charge in [-0.3, -0.25) is 0 Å². The molecule has 1 aromatic carbocycles. The fourth-order valence-corrected chi connectivity index (χ4v) is 4.44. The zero-order valence-corrected chi connectivity index (χ0v) is 19.3. The number of nitrogens with zero attached hydrogens (tertiary/aromatic N) is 2. The second-order valence-corrected chi connectivity index (χ2v) is 8.79. The lowest BCUT2D eigenvalue weighted by molar-refractivity contribution is 0.274. The molecule has 1 heterocycles. The van der Waals surface area contributed by atoms with Gasteiger partial charge in [-0.2, -0.15) is 0 Å². The van der Waals surface area contributed by atoms with Crippen LogP contribution in [0.5, 0.6) is 0 Å². The summed E-state index contributed by atoms with van der Waals surface area (Å²) < 4.78 is 0. The molecule has 0 bridgehead atoms. The topological polar surface area (TPSA) is 6.48 Å². The van der Waals surface area contributed by atoms with E-state index in [1.54, 1.807) is 0 Å². The second-order valence-electron chi connectivity index (χ2n) is 8.79. The van der Waals surface area contributed by atoms with Crippen molar-refractivity contribution in [1.82, 2.24) is 4.90 Å². The van der Waals surface area contributed by atoms with Crippen LogP contribution in [0.3, 0.4) is 0 Å². The number of hydrogen-bond donors (Lipinski definition) is 0. The Balaban J connectivity index is 1.66. The Morgan fingerprint density at radius 3 is 1.79 bits per heavy atom. The molecule has 2 rings (SSSR count). The Kier molecular flexibility index (Phi) is 12.7. The number of anilines is 1. The normalized spacial score (nSPS) is 16.1. The largest absolute Gasteiger partial charge is 0.356 e. The van der Waals surface area contributed by atoms with Crippen molar-refractivity contribution in [3.8, 4) is 0 Å². The van der Waals surface area contributed by atoms with Gasteiger partial charge in [-0.1, -0.05) is 109 Å². The average molecular weight is 399 g/mol. The van der Waals surface area contributed by atoms with E-state index in [9.17, 15) is 0 Å². The number of unbranched alkanes of at least 4 members (excludes halogenated alkanes) is 12. The van der Waals surface area contributed by atoms with Crippen LogP contribution in [0.25, 0.3) is 0 Å². The summed E-state index contributed by atoms with van der Waals surface area (Å²) in [6.45, 7) is 5.78. The summed E-state index contributed by atoms with van der Waals surface area (Å²) in [7, 11) is 0. The van der Waals surface area contributed by atoms with Crippen molar-refractivity contribution in [3.63, 3.8) is 0 Å². The molecule has 1 aromatic rings. The van der Waals surface area contributed by atoms with E-state index < -0.39 is 0 Å². The third-order valence-electron chi connectivity index (χ3n) is 6.26. The third kappa shape index (κ3) is 9.28. The van der Waals surface area contributed by atoms with E-state index in [0.29, 0.717) is 6.17 Å². The van der Waals surface area contributed by atoms with Crippen molar-refractivity contribution in [2.45, 2.75) is 116 Å². The molecule has 2 nitrogen and oxygen atoms in total. The van der Waals surface area contributed by atoms with E-state index in [1.807, 2.05) is 0 Å². The Bertz CT molecular complexity index is 525.